The molecule has 1 aliphatic heterocycles. The maximum atomic E-state index is 10.9. The molecule has 0 N–H and O–H groups in total. The van der Waals surface area contributed by atoms with Crippen LogP contribution in [0.5, 0.6) is 0 Å². The van der Waals surface area contributed by atoms with Gasteiger partial charge in [-0.25, -0.2) is 0 Å². The Morgan fingerprint density at radius 1 is 1.29 bits per heavy atom. The molecule has 2 rings (SSSR count). The zero-order chi connectivity index (χ0) is 11.4. The molecule has 0 saturated carbocycles. The van der Waals surface area contributed by atoms with Gasteiger partial charge < -0.3 is 14.6 Å². The van der Waals surface area contributed by atoms with E-state index in [1.54, 1.807) is 12.1 Å². The summed E-state index contributed by atoms with van der Waals surface area (Å²) < 4.78 is 5.24. The zero-order valence-corrected chi connectivity index (χ0v) is 10.0. The van der Waals surface area contributed by atoms with E-state index in [0.717, 1.165) is 18.7 Å². The summed E-state index contributed by atoms with van der Waals surface area (Å²) in [6.45, 7) is 3.78. The Morgan fingerprint density at radius 3 is 2.59 bits per heavy atom. The Balaban J connectivity index is 0.00000144. The second kappa shape index (κ2) is 6.83. The normalized spacial score (nSPS) is 16.2. The molecule has 0 radical (unpaired) electrons. The van der Waals surface area contributed by atoms with E-state index in [9.17, 15) is 9.90 Å². The first-order valence-corrected chi connectivity index (χ1v) is 5.37. The third kappa shape index (κ3) is 3.86. The minimum atomic E-state index is -1.11. The van der Waals surface area contributed by atoms with E-state index in [-0.39, 0.29) is 24.4 Å². The van der Waals surface area contributed by atoms with Crippen LogP contribution in [0.15, 0.2) is 24.3 Å². The van der Waals surface area contributed by atoms with Crippen LogP contribution in [0, 0.1) is 0 Å². The fourth-order valence-electron chi connectivity index (χ4n) is 1.86. The molecule has 0 amide bonds. The van der Waals surface area contributed by atoms with Gasteiger partial charge >= 0.3 is 18.9 Å². The number of hydrogen-bond acceptors (Lipinski definition) is 4. The SMILES string of the molecule is O=C([O-])c1ccccc1CN1CCOCC1.[Li+]. The molecular weight excluding hydrogens is 213 g/mol. The van der Waals surface area contributed by atoms with E-state index < -0.39 is 5.97 Å². The Kier molecular flexibility index (Phi) is 5.73. The Hall–Kier alpha value is -0.793. The van der Waals surface area contributed by atoms with Gasteiger partial charge in [0.1, 0.15) is 0 Å². The number of benzene rings is 1. The first-order chi connectivity index (χ1) is 7.77. The van der Waals surface area contributed by atoms with Crippen molar-refractivity contribution in [2.45, 2.75) is 6.54 Å². The van der Waals surface area contributed by atoms with Crippen LogP contribution < -0.4 is 24.0 Å². The molecule has 1 aromatic carbocycles. The monoisotopic (exact) mass is 227 g/mol. The van der Waals surface area contributed by atoms with Gasteiger partial charge in [0.05, 0.1) is 19.2 Å². The van der Waals surface area contributed by atoms with Crippen molar-refractivity contribution in [2.24, 2.45) is 0 Å². The number of hydrogen-bond donors (Lipinski definition) is 0. The predicted molar refractivity (Wildman–Crippen MR) is 56.9 cm³/mol. The number of nitrogens with zero attached hydrogens (tertiary/aromatic N) is 1. The molecule has 1 heterocycles. The average molecular weight is 227 g/mol. The largest absolute Gasteiger partial charge is 1.00 e. The van der Waals surface area contributed by atoms with Crippen LogP contribution in [0.25, 0.3) is 0 Å². The van der Waals surface area contributed by atoms with E-state index in [0.29, 0.717) is 19.8 Å². The minimum absolute atomic E-state index is 0. The third-order valence-electron chi connectivity index (χ3n) is 2.73. The summed E-state index contributed by atoms with van der Waals surface area (Å²) in [5, 5.41) is 10.9. The predicted octanol–water partition coefficient (Wildman–Crippen LogP) is -3.11. The number of carboxylic acids is 1. The van der Waals surface area contributed by atoms with Crippen LogP contribution >= 0.6 is 0 Å². The molecule has 1 saturated heterocycles. The Labute approximate surface area is 113 Å². The molecule has 0 aromatic heterocycles. The fraction of sp³-hybridized carbons (Fsp3) is 0.417. The van der Waals surface area contributed by atoms with Crippen LogP contribution in [0.3, 0.4) is 0 Å². The quantitative estimate of drug-likeness (QED) is 0.513. The fourth-order valence-corrected chi connectivity index (χ4v) is 1.86. The first kappa shape index (κ1) is 14.3. The molecule has 1 aliphatic rings. The van der Waals surface area contributed by atoms with Crippen molar-refractivity contribution in [1.29, 1.82) is 0 Å². The van der Waals surface area contributed by atoms with Crippen molar-refractivity contribution < 1.29 is 33.5 Å². The summed E-state index contributed by atoms with van der Waals surface area (Å²) in [6.07, 6.45) is 0. The molecular formula is C12H14LiNO3. The van der Waals surface area contributed by atoms with Crippen LogP contribution in [0.4, 0.5) is 0 Å². The number of aromatic carboxylic acids is 1. The van der Waals surface area contributed by atoms with Gasteiger partial charge in [0.25, 0.3) is 0 Å². The second-order valence-electron chi connectivity index (χ2n) is 3.83. The summed E-state index contributed by atoms with van der Waals surface area (Å²) >= 11 is 0. The van der Waals surface area contributed by atoms with Crippen molar-refractivity contribution in [2.75, 3.05) is 26.3 Å². The van der Waals surface area contributed by atoms with Gasteiger partial charge in [-0.2, -0.15) is 0 Å². The van der Waals surface area contributed by atoms with Crippen molar-refractivity contribution in [3.8, 4) is 0 Å². The number of carboxylic acid groups (broad SMARTS) is 1. The molecule has 0 spiro atoms. The van der Waals surface area contributed by atoms with E-state index in [1.807, 2.05) is 12.1 Å². The van der Waals surface area contributed by atoms with Crippen LogP contribution in [0.2, 0.25) is 0 Å². The maximum Gasteiger partial charge on any atom is 1.00 e. The molecule has 0 unspecified atom stereocenters. The third-order valence-corrected chi connectivity index (χ3v) is 2.73. The zero-order valence-electron chi connectivity index (χ0n) is 10.0. The average Bonchev–Trinajstić information content (AvgIpc) is 2.31. The Bertz CT molecular complexity index is 378. The number of morpholine rings is 1. The summed E-state index contributed by atoms with van der Waals surface area (Å²) in [7, 11) is 0. The number of rotatable bonds is 3. The molecule has 4 nitrogen and oxygen atoms in total. The van der Waals surface area contributed by atoms with Gasteiger partial charge in [0.15, 0.2) is 0 Å². The van der Waals surface area contributed by atoms with Crippen molar-refractivity contribution >= 4 is 5.97 Å². The molecule has 17 heavy (non-hydrogen) atoms. The van der Waals surface area contributed by atoms with Crippen molar-refractivity contribution in [3.05, 3.63) is 35.4 Å². The summed E-state index contributed by atoms with van der Waals surface area (Å²) in [5.74, 6) is -1.11. The van der Waals surface area contributed by atoms with Gasteiger partial charge in [-0.3, -0.25) is 4.90 Å². The second-order valence-corrected chi connectivity index (χ2v) is 3.83. The smallest absolute Gasteiger partial charge is 0.545 e. The van der Waals surface area contributed by atoms with Gasteiger partial charge in [0.2, 0.25) is 0 Å². The molecule has 1 aromatic rings. The van der Waals surface area contributed by atoms with Gasteiger partial charge in [-0.15, -0.1) is 0 Å². The van der Waals surface area contributed by atoms with E-state index in [4.69, 9.17) is 4.74 Å². The molecule has 1 fully saturated rings. The summed E-state index contributed by atoms with van der Waals surface area (Å²) in [6, 6.07) is 6.99. The van der Waals surface area contributed by atoms with Gasteiger partial charge in [0, 0.05) is 25.2 Å². The van der Waals surface area contributed by atoms with Crippen molar-refractivity contribution in [1.82, 2.24) is 4.90 Å². The van der Waals surface area contributed by atoms with Crippen LogP contribution in [-0.2, 0) is 11.3 Å². The van der Waals surface area contributed by atoms with Gasteiger partial charge in [-0.1, -0.05) is 24.3 Å². The molecule has 5 heteroatoms. The minimum Gasteiger partial charge on any atom is -0.545 e. The van der Waals surface area contributed by atoms with Gasteiger partial charge in [-0.05, 0) is 5.56 Å². The summed E-state index contributed by atoms with van der Waals surface area (Å²) in [4.78, 5) is 13.1. The van der Waals surface area contributed by atoms with Crippen molar-refractivity contribution in [3.63, 3.8) is 0 Å². The van der Waals surface area contributed by atoms with Crippen LogP contribution in [0.1, 0.15) is 15.9 Å². The molecule has 86 valence electrons. The Morgan fingerprint density at radius 2 is 1.94 bits per heavy atom. The van der Waals surface area contributed by atoms with Crippen LogP contribution in [-0.4, -0.2) is 37.2 Å². The van der Waals surface area contributed by atoms with E-state index >= 15 is 0 Å². The number of carbonyl (C=O) groups excluding carboxylic acids is 1. The van der Waals surface area contributed by atoms with E-state index in [1.165, 1.54) is 0 Å². The maximum absolute atomic E-state index is 10.9. The standard InChI is InChI=1S/C12H15NO3.Li/c14-12(15)11-4-2-1-3-10(11)9-13-5-7-16-8-6-13;/h1-4H,5-9H2,(H,14,15);/q;+1/p-1. The van der Waals surface area contributed by atoms with E-state index in [2.05, 4.69) is 4.90 Å². The number of ether oxygens (including phenoxy) is 1. The first-order valence-electron chi connectivity index (χ1n) is 5.37. The molecule has 0 bridgehead atoms. The number of carbonyl (C=O) groups is 1. The topological polar surface area (TPSA) is 52.6 Å². The molecule has 0 atom stereocenters. The summed E-state index contributed by atoms with van der Waals surface area (Å²) in [5.41, 5.74) is 1.10. The molecule has 0 aliphatic carbocycles.